The first-order valence-electron chi connectivity index (χ1n) is 14.0. The van der Waals surface area contributed by atoms with Crippen molar-refractivity contribution >= 4 is 22.9 Å². The Morgan fingerprint density at radius 1 is 0.889 bits per heavy atom. The third kappa shape index (κ3) is 6.68. The summed E-state index contributed by atoms with van der Waals surface area (Å²) in [6, 6.07) is 13.7. The molecule has 1 aromatic carbocycles. The first kappa shape index (κ1) is 25.7. The summed E-state index contributed by atoms with van der Waals surface area (Å²) < 4.78 is 0. The minimum Gasteiger partial charge on any atom is -0.369 e. The average Bonchev–Trinajstić information content (AvgIpc) is 3.43. The maximum atomic E-state index is 12.7. The van der Waals surface area contributed by atoms with Crippen LogP contribution in [0.1, 0.15) is 48.2 Å². The van der Waals surface area contributed by atoms with Gasteiger partial charge in [0.2, 0.25) is 0 Å². The molecule has 3 saturated heterocycles. The van der Waals surface area contributed by atoms with Crippen molar-refractivity contribution in [1.29, 1.82) is 0 Å². The van der Waals surface area contributed by atoms with Gasteiger partial charge in [0.1, 0.15) is 0 Å². The molecule has 3 fully saturated rings. The first-order chi connectivity index (χ1) is 17.7. The van der Waals surface area contributed by atoms with Crippen LogP contribution in [0.3, 0.4) is 0 Å². The molecule has 5 rings (SSSR count). The van der Waals surface area contributed by atoms with Crippen molar-refractivity contribution in [3.05, 3.63) is 41.3 Å². The molecule has 0 unspecified atom stereocenters. The SMILES string of the molecule is CN1CCN(c2ccc(-c3ccc(C(=O)NCCCN4CCC(N5CCCCC5)CC4)s3)cc2)CC1. The van der Waals surface area contributed by atoms with E-state index in [2.05, 4.69) is 62.3 Å². The summed E-state index contributed by atoms with van der Waals surface area (Å²) in [5.41, 5.74) is 2.47. The average molecular weight is 510 g/mol. The van der Waals surface area contributed by atoms with Gasteiger partial charge in [-0.25, -0.2) is 0 Å². The van der Waals surface area contributed by atoms with Crippen LogP contribution >= 0.6 is 11.3 Å². The normalized spacial score (nSPS) is 21.1. The fourth-order valence-corrected chi connectivity index (χ4v) is 6.83. The minimum absolute atomic E-state index is 0.0594. The van der Waals surface area contributed by atoms with Gasteiger partial charge in [0, 0.05) is 49.3 Å². The topological polar surface area (TPSA) is 42.1 Å². The second kappa shape index (κ2) is 12.5. The standard InChI is InChI=1S/C29H43N5OS/c1-31-20-22-34(23-21-31)25-8-6-24(7-9-25)27-10-11-28(36-27)29(35)30-14-5-15-32-18-12-26(13-19-32)33-16-3-2-4-17-33/h6-11,26H,2-5,12-23H2,1H3,(H,30,35). The zero-order chi connectivity index (χ0) is 24.7. The van der Waals surface area contributed by atoms with Gasteiger partial charge in [-0.1, -0.05) is 18.6 Å². The lowest BCUT2D eigenvalue weighted by Crippen LogP contribution is -2.47. The van der Waals surface area contributed by atoms with Gasteiger partial charge < -0.3 is 24.9 Å². The van der Waals surface area contributed by atoms with E-state index in [0.29, 0.717) is 0 Å². The molecule has 4 heterocycles. The number of piperazine rings is 1. The second-order valence-electron chi connectivity index (χ2n) is 10.8. The molecule has 0 bridgehead atoms. The Bertz CT molecular complexity index is 954. The van der Waals surface area contributed by atoms with E-state index in [1.54, 1.807) is 11.3 Å². The molecule has 6 nitrogen and oxygen atoms in total. The van der Waals surface area contributed by atoms with Crippen LogP contribution < -0.4 is 10.2 Å². The molecule has 1 aromatic heterocycles. The summed E-state index contributed by atoms with van der Waals surface area (Å²) in [5, 5.41) is 3.15. The van der Waals surface area contributed by atoms with Crippen molar-refractivity contribution < 1.29 is 4.79 Å². The zero-order valence-electron chi connectivity index (χ0n) is 22.0. The van der Waals surface area contributed by atoms with E-state index in [1.807, 2.05) is 6.07 Å². The minimum atomic E-state index is 0.0594. The van der Waals surface area contributed by atoms with Crippen LogP contribution in [0, 0.1) is 0 Å². The summed E-state index contributed by atoms with van der Waals surface area (Å²) in [4.78, 5) is 24.8. The van der Waals surface area contributed by atoms with Gasteiger partial charge in [-0.15, -0.1) is 11.3 Å². The Hall–Kier alpha value is -1.93. The molecule has 3 aliphatic rings. The molecule has 0 aliphatic carbocycles. The van der Waals surface area contributed by atoms with E-state index < -0.39 is 0 Å². The number of amides is 1. The molecule has 0 saturated carbocycles. The maximum Gasteiger partial charge on any atom is 0.261 e. The van der Waals surface area contributed by atoms with Gasteiger partial charge in [-0.2, -0.15) is 0 Å². The monoisotopic (exact) mass is 509 g/mol. The number of nitrogens with one attached hydrogen (secondary N) is 1. The van der Waals surface area contributed by atoms with Crippen molar-refractivity contribution in [3.63, 3.8) is 0 Å². The molecule has 1 N–H and O–H groups in total. The maximum absolute atomic E-state index is 12.7. The highest BCUT2D eigenvalue weighted by atomic mass is 32.1. The van der Waals surface area contributed by atoms with E-state index in [1.165, 1.54) is 69.5 Å². The van der Waals surface area contributed by atoms with Crippen LogP contribution in [0.25, 0.3) is 10.4 Å². The number of rotatable bonds is 8. The Balaban J connectivity index is 1.02. The van der Waals surface area contributed by atoms with Crippen molar-refractivity contribution in [2.45, 2.75) is 44.6 Å². The highest BCUT2D eigenvalue weighted by molar-refractivity contribution is 7.17. The van der Waals surface area contributed by atoms with Crippen molar-refractivity contribution in [1.82, 2.24) is 20.0 Å². The number of thiophene rings is 1. The quantitative estimate of drug-likeness (QED) is 0.540. The number of nitrogens with zero attached hydrogens (tertiary/aromatic N) is 4. The summed E-state index contributed by atoms with van der Waals surface area (Å²) >= 11 is 1.59. The Morgan fingerprint density at radius 3 is 2.33 bits per heavy atom. The molecular weight excluding hydrogens is 466 g/mol. The molecule has 1 amide bonds. The largest absolute Gasteiger partial charge is 0.369 e. The van der Waals surface area contributed by atoms with Crippen molar-refractivity contribution in [3.8, 4) is 10.4 Å². The lowest BCUT2D eigenvalue weighted by Gasteiger charge is -2.40. The third-order valence-electron chi connectivity index (χ3n) is 8.25. The lowest BCUT2D eigenvalue weighted by atomic mass is 10.00. The molecule has 0 radical (unpaired) electrons. The Labute approximate surface area is 221 Å². The number of hydrogen-bond donors (Lipinski definition) is 1. The van der Waals surface area contributed by atoms with E-state index in [9.17, 15) is 4.79 Å². The van der Waals surface area contributed by atoms with Gasteiger partial charge in [0.25, 0.3) is 5.91 Å². The smallest absolute Gasteiger partial charge is 0.261 e. The Kier molecular flexibility index (Phi) is 8.96. The second-order valence-corrected chi connectivity index (χ2v) is 11.9. The van der Waals surface area contributed by atoms with Crippen LogP contribution in [0.5, 0.6) is 0 Å². The molecule has 0 spiro atoms. The fraction of sp³-hybridized carbons (Fsp3) is 0.621. The van der Waals surface area contributed by atoms with Crippen molar-refractivity contribution in [2.24, 2.45) is 0 Å². The van der Waals surface area contributed by atoms with E-state index in [0.717, 1.165) is 61.5 Å². The third-order valence-corrected chi connectivity index (χ3v) is 9.38. The summed E-state index contributed by atoms with van der Waals surface area (Å²) in [6.45, 7) is 11.2. The van der Waals surface area contributed by atoms with Gasteiger partial charge in [0.05, 0.1) is 4.88 Å². The molecule has 0 atom stereocenters. The summed E-state index contributed by atoms with van der Waals surface area (Å²) in [5.74, 6) is 0.0594. The van der Waals surface area contributed by atoms with Gasteiger partial charge >= 0.3 is 0 Å². The zero-order valence-corrected chi connectivity index (χ0v) is 22.8. The van der Waals surface area contributed by atoms with Gasteiger partial charge in [-0.3, -0.25) is 4.79 Å². The first-order valence-corrected chi connectivity index (χ1v) is 14.9. The van der Waals surface area contributed by atoms with E-state index >= 15 is 0 Å². The highest BCUT2D eigenvalue weighted by Crippen LogP contribution is 2.30. The van der Waals surface area contributed by atoms with Crippen LogP contribution in [-0.2, 0) is 0 Å². The molecule has 196 valence electrons. The van der Waals surface area contributed by atoms with E-state index in [4.69, 9.17) is 0 Å². The van der Waals surface area contributed by atoms with Crippen LogP contribution in [0.2, 0.25) is 0 Å². The van der Waals surface area contributed by atoms with Crippen molar-refractivity contribution in [2.75, 3.05) is 77.4 Å². The number of likely N-dealkylation sites (tertiary alicyclic amines) is 2. The van der Waals surface area contributed by atoms with E-state index in [-0.39, 0.29) is 5.91 Å². The van der Waals surface area contributed by atoms with Gasteiger partial charge in [-0.05, 0) is 102 Å². The molecule has 3 aliphatic heterocycles. The number of benzene rings is 1. The molecule has 36 heavy (non-hydrogen) atoms. The van der Waals surface area contributed by atoms with Gasteiger partial charge in [0.15, 0.2) is 0 Å². The predicted molar refractivity (Wildman–Crippen MR) is 151 cm³/mol. The number of likely N-dealkylation sites (N-methyl/N-ethyl adjacent to an activating group) is 1. The number of carbonyl (C=O) groups is 1. The molecule has 2 aromatic rings. The van der Waals surface area contributed by atoms with Crippen LogP contribution in [0.4, 0.5) is 5.69 Å². The number of hydrogen-bond acceptors (Lipinski definition) is 6. The summed E-state index contributed by atoms with van der Waals surface area (Å²) in [7, 11) is 2.19. The molecule has 7 heteroatoms. The predicted octanol–water partition coefficient (Wildman–Crippen LogP) is 4.24. The lowest BCUT2D eigenvalue weighted by molar-refractivity contribution is 0.0904. The number of carbonyl (C=O) groups excluding carboxylic acids is 1. The molecular formula is C29H43N5OS. The number of piperidine rings is 2. The van der Waals surface area contributed by atoms with Crippen LogP contribution in [-0.4, -0.2) is 99.1 Å². The summed E-state index contributed by atoms with van der Waals surface area (Å²) in [6.07, 6.45) is 7.81. The fourth-order valence-electron chi connectivity index (χ4n) is 5.90. The van der Waals surface area contributed by atoms with Crippen LogP contribution in [0.15, 0.2) is 36.4 Å². The number of anilines is 1. The highest BCUT2D eigenvalue weighted by Gasteiger charge is 2.25. The Morgan fingerprint density at radius 2 is 1.61 bits per heavy atom.